The first-order chi connectivity index (χ1) is 8.54. The number of aromatic nitrogens is 2. The Bertz CT molecular complexity index is 571. The molecule has 1 unspecified atom stereocenters. The van der Waals surface area contributed by atoms with Crippen LogP contribution in [0.4, 0.5) is 0 Å². The minimum Gasteiger partial charge on any atom is -0.382 e. The number of aryl methyl sites for hydroxylation is 1. The van der Waals surface area contributed by atoms with Gasteiger partial charge in [0, 0.05) is 6.54 Å². The molecular formula is C12H11BrCl2N2O. The fourth-order valence-electron chi connectivity index (χ4n) is 1.74. The SMILES string of the molecule is CCn1ncc(Br)c1C(O)c1ccc(Cl)c(Cl)c1. The minimum absolute atomic E-state index is 0.423. The zero-order chi connectivity index (χ0) is 13.3. The summed E-state index contributed by atoms with van der Waals surface area (Å²) >= 11 is 15.2. The molecule has 0 saturated heterocycles. The lowest BCUT2D eigenvalue weighted by Crippen LogP contribution is -2.09. The Morgan fingerprint density at radius 1 is 1.39 bits per heavy atom. The minimum atomic E-state index is -0.795. The van der Waals surface area contributed by atoms with Crippen LogP contribution in [-0.2, 0) is 6.54 Å². The van der Waals surface area contributed by atoms with Crippen molar-refractivity contribution in [1.82, 2.24) is 9.78 Å². The number of nitrogens with zero attached hydrogens (tertiary/aromatic N) is 2. The average Bonchev–Trinajstić information content (AvgIpc) is 2.73. The van der Waals surface area contributed by atoms with E-state index in [1.807, 2.05) is 6.92 Å². The number of aliphatic hydroxyl groups excluding tert-OH is 1. The number of hydrogen-bond donors (Lipinski definition) is 1. The van der Waals surface area contributed by atoms with Gasteiger partial charge in [-0.25, -0.2) is 0 Å². The zero-order valence-corrected chi connectivity index (χ0v) is 12.7. The molecule has 96 valence electrons. The number of rotatable bonds is 3. The van der Waals surface area contributed by atoms with Crippen LogP contribution < -0.4 is 0 Å². The van der Waals surface area contributed by atoms with Crippen molar-refractivity contribution in [3.05, 3.63) is 50.2 Å². The Morgan fingerprint density at radius 2 is 2.11 bits per heavy atom. The second-order valence-electron chi connectivity index (χ2n) is 3.77. The first kappa shape index (κ1) is 13.9. The molecule has 2 aromatic rings. The molecule has 2 rings (SSSR count). The quantitative estimate of drug-likeness (QED) is 0.907. The number of hydrogen-bond acceptors (Lipinski definition) is 2. The molecule has 0 radical (unpaired) electrons. The third-order valence-electron chi connectivity index (χ3n) is 2.65. The average molecular weight is 350 g/mol. The van der Waals surface area contributed by atoms with E-state index in [2.05, 4.69) is 21.0 Å². The van der Waals surface area contributed by atoms with E-state index < -0.39 is 6.10 Å². The topological polar surface area (TPSA) is 38.0 Å². The normalized spacial score (nSPS) is 12.7. The Hall–Kier alpha value is -0.550. The van der Waals surface area contributed by atoms with Crippen molar-refractivity contribution < 1.29 is 5.11 Å². The van der Waals surface area contributed by atoms with Gasteiger partial charge in [-0.3, -0.25) is 4.68 Å². The molecule has 18 heavy (non-hydrogen) atoms. The summed E-state index contributed by atoms with van der Waals surface area (Å²) in [5, 5.41) is 15.5. The highest BCUT2D eigenvalue weighted by Crippen LogP contribution is 2.31. The number of halogens is 3. The maximum atomic E-state index is 10.4. The summed E-state index contributed by atoms with van der Waals surface area (Å²) in [6.07, 6.45) is 0.871. The molecule has 1 aromatic carbocycles. The molecule has 0 aliphatic carbocycles. The Balaban J connectivity index is 2.44. The first-order valence-corrected chi connectivity index (χ1v) is 6.93. The van der Waals surface area contributed by atoms with Crippen molar-refractivity contribution in [3.8, 4) is 0 Å². The zero-order valence-electron chi connectivity index (χ0n) is 9.57. The van der Waals surface area contributed by atoms with E-state index in [0.717, 1.165) is 4.47 Å². The van der Waals surface area contributed by atoms with Crippen LogP contribution >= 0.6 is 39.1 Å². The molecule has 1 aromatic heterocycles. The van der Waals surface area contributed by atoms with Crippen molar-refractivity contribution in [2.75, 3.05) is 0 Å². The fourth-order valence-corrected chi connectivity index (χ4v) is 2.56. The lowest BCUT2D eigenvalue weighted by molar-refractivity contribution is 0.207. The third-order valence-corrected chi connectivity index (χ3v) is 4.00. The molecule has 1 N–H and O–H groups in total. The summed E-state index contributed by atoms with van der Waals surface area (Å²) in [6, 6.07) is 5.08. The maximum Gasteiger partial charge on any atom is 0.122 e. The molecule has 3 nitrogen and oxygen atoms in total. The van der Waals surface area contributed by atoms with Crippen LogP contribution in [-0.4, -0.2) is 14.9 Å². The van der Waals surface area contributed by atoms with Crippen LogP contribution in [0.3, 0.4) is 0 Å². The largest absolute Gasteiger partial charge is 0.382 e. The standard InChI is InChI=1S/C12H11BrCl2N2O/c1-2-17-11(8(13)6-16-17)12(18)7-3-4-9(14)10(15)5-7/h3-6,12,18H,2H2,1H3. The molecule has 1 atom stereocenters. The van der Waals surface area contributed by atoms with Gasteiger partial charge in [0.15, 0.2) is 0 Å². The Kier molecular flexibility index (Phi) is 4.33. The van der Waals surface area contributed by atoms with Crippen molar-refractivity contribution >= 4 is 39.1 Å². The Labute approximate surface area is 123 Å². The smallest absolute Gasteiger partial charge is 0.122 e. The van der Waals surface area contributed by atoms with Gasteiger partial charge in [-0.15, -0.1) is 0 Å². The molecule has 0 spiro atoms. The molecule has 0 amide bonds. The van der Waals surface area contributed by atoms with E-state index >= 15 is 0 Å². The van der Waals surface area contributed by atoms with Gasteiger partial charge in [0.25, 0.3) is 0 Å². The summed E-state index contributed by atoms with van der Waals surface area (Å²) in [5.74, 6) is 0. The summed E-state index contributed by atoms with van der Waals surface area (Å²) in [7, 11) is 0. The van der Waals surface area contributed by atoms with Gasteiger partial charge in [0.2, 0.25) is 0 Å². The van der Waals surface area contributed by atoms with Crippen LogP contribution in [0.2, 0.25) is 10.0 Å². The highest BCUT2D eigenvalue weighted by Gasteiger charge is 2.19. The predicted molar refractivity (Wildman–Crippen MR) is 76.1 cm³/mol. The summed E-state index contributed by atoms with van der Waals surface area (Å²) in [5.41, 5.74) is 1.39. The van der Waals surface area contributed by atoms with Gasteiger partial charge in [0.05, 0.1) is 26.4 Å². The van der Waals surface area contributed by atoms with Gasteiger partial charge < -0.3 is 5.11 Å². The maximum absolute atomic E-state index is 10.4. The molecule has 0 bridgehead atoms. The van der Waals surface area contributed by atoms with Gasteiger partial charge in [-0.1, -0.05) is 29.3 Å². The fraction of sp³-hybridized carbons (Fsp3) is 0.250. The highest BCUT2D eigenvalue weighted by molar-refractivity contribution is 9.10. The molecule has 0 saturated carbocycles. The second kappa shape index (κ2) is 5.61. The van der Waals surface area contributed by atoms with Crippen molar-refractivity contribution in [2.45, 2.75) is 19.6 Å². The van der Waals surface area contributed by atoms with E-state index in [-0.39, 0.29) is 0 Å². The molecule has 0 aliphatic rings. The van der Waals surface area contributed by atoms with Gasteiger partial charge in [0.1, 0.15) is 6.10 Å². The molecule has 0 fully saturated rings. The van der Waals surface area contributed by atoms with Crippen molar-refractivity contribution in [2.24, 2.45) is 0 Å². The van der Waals surface area contributed by atoms with E-state index in [4.69, 9.17) is 23.2 Å². The van der Waals surface area contributed by atoms with Gasteiger partial charge in [-0.2, -0.15) is 5.10 Å². The first-order valence-electron chi connectivity index (χ1n) is 5.38. The monoisotopic (exact) mass is 348 g/mol. The van der Waals surface area contributed by atoms with Crippen molar-refractivity contribution in [1.29, 1.82) is 0 Å². The van der Waals surface area contributed by atoms with Crippen LogP contribution in [0.15, 0.2) is 28.9 Å². The highest BCUT2D eigenvalue weighted by atomic mass is 79.9. The summed E-state index contributed by atoms with van der Waals surface area (Å²) in [6.45, 7) is 2.64. The van der Waals surface area contributed by atoms with Gasteiger partial charge in [-0.05, 0) is 40.5 Å². The van der Waals surface area contributed by atoms with Crippen LogP contribution in [0.5, 0.6) is 0 Å². The molecule has 0 aliphatic heterocycles. The Morgan fingerprint density at radius 3 is 2.72 bits per heavy atom. The van der Waals surface area contributed by atoms with E-state index in [9.17, 15) is 5.11 Å². The van der Waals surface area contributed by atoms with Crippen LogP contribution in [0.1, 0.15) is 24.3 Å². The lowest BCUT2D eigenvalue weighted by atomic mass is 10.1. The molecule has 1 heterocycles. The van der Waals surface area contributed by atoms with Crippen LogP contribution in [0.25, 0.3) is 0 Å². The number of aliphatic hydroxyl groups is 1. The molecule has 6 heteroatoms. The van der Waals surface area contributed by atoms with Crippen molar-refractivity contribution in [3.63, 3.8) is 0 Å². The van der Waals surface area contributed by atoms with Crippen LogP contribution in [0, 0.1) is 0 Å². The molecular weight excluding hydrogens is 339 g/mol. The number of benzene rings is 1. The third kappa shape index (κ3) is 2.57. The summed E-state index contributed by atoms with van der Waals surface area (Å²) in [4.78, 5) is 0. The summed E-state index contributed by atoms with van der Waals surface area (Å²) < 4.78 is 2.50. The predicted octanol–water partition coefficient (Wildman–Crippen LogP) is 4.05. The second-order valence-corrected chi connectivity index (χ2v) is 5.44. The van der Waals surface area contributed by atoms with E-state index in [0.29, 0.717) is 27.8 Å². The van der Waals surface area contributed by atoms with E-state index in [1.54, 1.807) is 29.1 Å². The lowest BCUT2D eigenvalue weighted by Gasteiger charge is -2.14. The van der Waals surface area contributed by atoms with Gasteiger partial charge >= 0.3 is 0 Å². The van der Waals surface area contributed by atoms with E-state index in [1.165, 1.54) is 0 Å².